The molecule has 0 bridgehead atoms. The van der Waals surface area contributed by atoms with Gasteiger partial charge in [0, 0.05) is 6.54 Å². The zero-order valence-corrected chi connectivity index (χ0v) is 13.0. The van der Waals surface area contributed by atoms with Crippen molar-refractivity contribution >= 4 is 13.5 Å². The molecule has 120 valence electrons. The van der Waals surface area contributed by atoms with Gasteiger partial charge in [-0.15, -0.1) is 0 Å². The van der Waals surface area contributed by atoms with Gasteiger partial charge in [0.25, 0.3) is 7.48 Å². The Morgan fingerprint density at radius 3 is 2.76 bits per heavy atom. The van der Waals surface area contributed by atoms with E-state index in [9.17, 15) is 9.90 Å². The number of carboxylic acids is 1. The molecule has 2 fully saturated rings. The number of carboxylic acid groups (broad SMARTS) is 1. The Balaban J connectivity index is 1.90. The van der Waals surface area contributed by atoms with E-state index in [0.717, 1.165) is 45.3 Å². The lowest BCUT2D eigenvalue weighted by atomic mass is 9.75. The maximum atomic E-state index is 11.8. The molecule has 0 spiro atoms. The number of hydrogen-bond donors (Lipinski definition) is 3. The van der Waals surface area contributed by atoms with Crippen LogP contribution in [0.1, 0.15) is 44.9 Å². The highest BCUT2D eigenvalue weighted by Gasteiger charge is 2.42. The molecule has 2 atom stereocenters. The van der Waals surface area contributed by atoms with E-state index >= 15 is 0 Å². The molecule has 6 heteroatoms. The van der Waals surface area contributed by atoms with E-state index in [1.54, 1.807) is 0 Å². The fraction of sp³-hybridized carbons (Fsp3) is 0.933. The lowest BCUT2D eigenvalue weighted by Crippen LogP contribution is -2.58. The molecule has 2 rings (SSSR count). The van der Waals surface area contributed by atoms with Crippen LogP contribution >= 0.6 is 0 Å². The number of likely N-dealkylation sites (tertiary alicyclic amines) is 1. The monoisotopic (exact) mass is 296 g/mol. The molecule has 0 saturated carbocycles. The van der Waals surface area contributed by atoms with Crippen LogP contribution in [0.5, 0.6) is 0 Å². The number of hydrogen-bond acceptors (Lipinski definition) is 4. The Kier molecular flexibility index (Phi) is 6.52. The number of rotatable bonds is 7. The molecule has 2 aliphatic rings. The molecule has 3 N–H and O–H groups in total. The van der Waals surface area contributed by atoms with Gasteiger partial charge in [0.2, 0.25) is 0 Å². The summed E-state index contributed by atoms with van der Waals surface area (Å²) < 4.78 is 0. The van der Waals surface area contributed by atoms with E-state index in [-0.39, 0.29) is 7.48 Å². The van der Waals surface area contributed by atoms with Crippen molar-refractivity contribution in [2.24, 2.45) is 5.92 Å². The number of nitrogens with one attached hydrogen (secondary N) is 1. The number of aliphatic carboxylic acids is 1. The maximum Gasteiger partial charge on any atom is 0.323 e. The van der Waals surface area contributed by atoms with Crippen molar-refractivity contribution < 1.29 is 14.9 Å². The highest BCUT2D eigenvalue weighted by molar-refractivity contribution is 6.25. The standard InChI is InChI=1S/C15H29BN2O3/c19-14(20)15(6-11-18-9-2-1-3-10-18)12-13(4-7-16-21)5-8-17-15/h13,16-17,21H,1-12H2,(H,19,20). The Labute approximate surface area is 128 Å². The van der Waals surface area contributed by atoms with E-state index in [1.165, 1.54) is 19.3 Å². The van der Waals surface area contributed by atoms with Crippen LogP contribution in [0, 0.1) is 5.92 Å². The molecule has 5 nitrogen and oxygen atoms in total. The lowest BCUT2D eigenvalue weighted by molar-refractivity contribution is -0.147. The normalized spacial score (nSPS) is 31.0. The van der Waals surface area contributed by atoms with Crippen molar-refractivity contribution in [1.82, 2.24) is 10.2 Å². The molecule has 2 unspecified atom stereocenters. The van der Waals surface area contributed by atoms with E-state index in [1.807, 2.05) is 0 Å². The Bertz CT molecular complexity index is 337. The third kappa shape index (κ3) is 4.69. The van der Waals surface area contributed by atoms with Crippen molar-refractivity contribution in [2.75, 3.05) is 26.2 Å². The summed E-state index contributed by atoms with van der Waals surface area (Å²) in [5.41, 5.74) is -0.754. The van der Waals surface area contributed by atoms with Crippen molar-refractivity contribution in [3.8, 4) is 0 Å². The molecular weight excluding hydrogens is 267 g/mol. The zero-order valence-electron chi connectivity index (χ0n) is 13.0. The summed E-state index contributed by atoms with van der Waals surface area (Å²) in [5.74, 6) is -0.274. The van der Waals surface area contributed by atoms with E-state index in [0.29, 0.717) is 18.8 Å². The van der Waals surface area contributed by atoms with Crippen molar-refractivity contribution in [3.63, 3.8) is 0 Å². The van der Waals surface area contributed by atoms with Crippen LogP contribution < -0.4 is 5.32 Å². The second-order valence-corrected chi connectivity index (χ2v) is 6.69. The molecule has 2 heterocycles. The molecular formula is C15H29BN2O3. The van der Waals surface area contributed by atoms with Gasteiger partial charge in [-0.05, 0) is 57.7 Å². The molecule has 0 amide bonds. The van der Waals surface area contributed by atoms with Gasteiger partial charge in [-0.25, -0.2) is 0 Å². The summed E-state index contributed by atoms with van der Waals surface area (Å²) in [5, 5.41) is 22.0. The van der Waals surface area contributed by atoms with Crippen LogP contribution in [-0.4, -0.2) is 60.2 Å². The minimum Gasteiger partial charge on any atom is -0.480 e. The molecule has 0 aromatic rings. The molecule has 0 radical (unpaired) electrons. The van der Waals surface area contributed by atoms with Gasteiger partial charge in [-0.1, -0.05) is 19.2 Å². The van der Waals surface area contributed by atoms with Crippen molar-refractivity contribution in [2.45, 2.75) is 56.8 Å². The Hall–Kier alpha value is -0.585. The average molecular weight is 296 g/mol. The second-order valence-electron chi connectivity index (χ2n) is 6.69. The topological polar surface area (TPSA) is 72.8 Å². The quantitative estimate of drug-likeness (QED) is 0.607. The van der Waals surface area contributed by atoms with Crippen LogP contribution in [0.3, 0.4) is 0 Å². The molecule has 21 heavy (non-hydrogen) atoms. The van der Waals surface area contributed by atoms with Crippen molar-refractivity contribution in [1.29, 1.82) is 0 Å². The fourth-order valence-electron chi connectivity index (χ4n) is 3.80. The van der Waals surface area contributed by atoms with Gasteiger partial charge in [0.05, 0.1) is 0 Å². The predicted octanol–water partition coefficient (Wildman–Crippen LogP) is 0.838. The minimum atomic E-state index is -0.754. The molecule has 2 saturated heterocycles. The van der Waals surface area contributed by atoms with Crippen LogP contribution in [-0.2, 0) is 4.79 Å². The van der Waals surface area contributed by atoms with Crippen LogP contribution in [0.25, 0.3) is 0 Å². The SMILES string of the molecule is O=C(O)C1(CCN2CCCCC2)CC(CCBO)CCN1. The first kappa shape index (κ1) is 16.8. The minimum absolute atomic E-state index is 0.206. The Morgan fingerprint density at radius 2 is 2.10 bits per heavy atom. The van der Waals surface area contributed by atoms with Crippen LogP contribution in [0.15, 0.2) is 0 Å². The van der Waals surface area contributed by atoms with Gasteiger partial charge in [0.1, 0.15) is 5.54 Å². The largest absolute Gasteiger partial charge is 0.480 e. The summed E-state index contributed by atoms with van der Waals surface area (Å²) in [6, 6.07) is 0. The fourth-order valence-corrected chi connectivity index (χ4v) is 3.80. The van der Waals surface area contributed by atoms with Gasteiger partial charge in [-0.3, -0.25) is 4.79 Å². The molecule has 0 aromatic heterocycles. The zero-order chi connectivity index (χ0) is 15.1. The van der Waals surface area contributed by atoms with Gasteiger partial charge < -0.3 is 20.3 Å². The lowest BCUT2D eigenvalue weighted by Gasteiger charge is -2.40. The smallest absolute Gasteiger partial charge is 0.323 e. The van der Waals surface area contributed by atoms with E-state index < -0.39 is 11.5 Å². The van der Waals surface area contributed by atoms with E-state index in [2.05, 4.69) is 10.2 Å². The molecule has 0 aromatic carbocycles. The average Bonchev–Trinajstić information content (AvgIpc) is 2.52. The molecule has 2 aliphatic heterocycles. The summed E-state index contributed by atoms with van der Waals surface area (Å²) in [4.78, 5) is 14.2. The second kappa shape index (κ2) is 8.15. The summed E-state index contributed by atoms with van der Waals surface area (Å²) >= 11 is 0. The third-order valence-corrected chi connectivity index (χ3v) is 5.14. The van der Waals surface area contributed by atoms with Crippen molar-refractivity contribution in [3.05, 3.63) is 0 Å². The van der Waals surface area contributed by atoms with Gasteiger partial charge in [-0.2, -0.15) is 0 Å². The number of piperidine rings is 2. The third-order valence-electron chi connectivity index (χ3n) is 5.14. The highest BCUT2D eigenvalue weighted by Crippen LogP contribution is 2.31. The number of carbonyl (C=O) groups is 1. The first-order valence-corrected chi connectivity index (χ1v) is 8.48. The van der Waals surface area contributed by atoms with Gasteiger partial charge in [0.15, 0.2) is 0 Å². The summed E-state index contributed by atoms with van der Waals surface area (Å²) in [6.45, 7) is 3.89. The summed E-state index contributed by atoms with van der Waals surface area (Å²) in [6.07, 6.45) is 7.94. The van der Waals surface area contributed by atoms with Crippen LogP contribution in [0.4, 0.5) is 0 Å². The Morgan fingerprint density at radius 1 is 1.33 bits per heavy atom. The molecule has 0 aliphatic carbocycles. The van der Waals surface area contributed by atoms with Gasteiger partial charge >= 0.3 is 5.97 Å². The summed E-state index contributed by atoms with van der Waals surface area (Å²) in [7, 11) is 0.206. The predicted molar refractivity (Wildman–Crippen MR) is 84.8 cm³/mol. The number of nitrogens with zero attached hydrogens (tertiary/aromatic N) is 1. The highest BCUT2D eigenvalue weighted by atomic mass is 16.4. The van der Waals surface area contributed by atoms with E-state index in [4.69, 9.17) is 5.02 Å². The maximum absolute atomic E-state index is 11.8. The van der Waals surface area contributed by atoms with Crippen LogP contribution in [0.2, 0.25) is 6.32 Å². The first-order chi connectivity index (χ1) is 10.2. The first-order valence-electron chi connectivity index (χ1n) is 8.48.